The molecule has 1 heterocycles. The van der Waals surface area contributed by atoms with Gasteiger partial charge in [-0.25, -0.2) is 23.5 Å². The van der Waals surface area contributed by atoms with Crippen LogP contribution in [0.3, 0.4) is 0 Å². The maximum Gasteiger partial charge on any atom is 0.411 e. The molecule has 2 rings (SSSR count). The zero-order valence-electron chi connectivity index (χ0n) is 15.3. The van der Waals surface area contributed by atoms with E-state index in [-0.39, 0.29) is 29.5 Å². The molecule has 0 aliphatic carbocycles. The number of ether oxygens (including phenoxy) is 2. The molecule has 0 saturated heterocycles. The van der Waals surface area contributed by atoms with E-state index in [1.165, 1.54) is 6.07 Å². The summed E-state index contributed by atoms with van der Waals surface area (Å²) in [6.07, 6.45) is 0.626. The van der Waals surface area contributed by atoms with E-state index in [4.69, 9.17) is 16.2 Å². The van der Waals surface area contributed by atoms with E-state index >= 15 is 0 Å². The summed E-state index contributed by atoms with van der Waals surface area (Å²) >= 11 is 0. The summed E-state index contributed by atoms with van der Waals surface area (Å²) in [7, 11) is 0. The Kier molecular flexibility index (Phi) is 6.27. The quantitative estimate of drug-likeness (QED) is 0.763. The van der Waals surface area contributed by atoms with Gasteiger partial charge in [-0.15, -0.1) is 0 Å². The van der Waals surface area contributed by atoms with Gasteiger partial charge in [-0.05, 0) is 25.3 Å². The molecule has 146 valence electrons. The summed E-state index contributed by atoms with van der Waals surface area (Å²) < 4.78 is 38.9. The van der Waals surface area contributed by atoms with Crippen LogP contribution < -0.4 is 20.9 Å². The van der Waals surface area contributed by atoms with Gasteiger partial charge in [0, 0.05) is 23.2 Å². The van der Waals surface area contributed by atoms with Crippen LogP contribution in [0.1, 0.15) is 27.2 Å². The second-order valence-electron chi connectivity index (χ2n) is 6.97. The highest BCUT2D eigenvalue weighted by molar-refractivity contribution is 5.68. The van der Waals surface area contributed by atoms with Crippen molar-refractivity contribution in [2.75, 3.05) is 6.61 Å². The molecule has 2 aromatic rings. The van der Waals surface area contributed by atoms with Crippen LogP contribution in [0, 0.1) is 17.6 Å². The predicted octanol–water partition coefficient (Wildman–Crippen LogP) is 3.02. The van der Waals surface area contributed by atoms with Gasteiger partial charge in [-0.3, -0.25) is 0 Å². The minimum atomic E-state index is -1.08. The molecule has 27 heavy (non-hydrogen) atoms. The molecule has 0 spiro atoms. The van der Waals surface area contributed by atoms with Gasteiger partial charge >= 0.3 is 6.09 Å². The van der Waals surface area contributed by atoms with Crippen molar-refractivity contribution in [3.63, 3.8) is 0 Å². The standard InChI is InChI=1S/C18H22F2N4O3/c1-10(2)7-18(3,22)8-26-15-5-12(19)11(4-13(15)20)14-6-16(24-9-23-14)27-17(21)25/h4-6,9-10H,7-8,22H2,1-3H3,(H2,21,25). The highest BCUT2D eigenvalue weighted by Crippen LogP contribution is 2.29. The van der Waals surface area contributed by atoms with E-state index in [1.54, 1.807) is 6.92 Å². The molecular formula is C18H22F2N4O3. The third-order valence-corrected chi connectivity index (χ3v) is 3.58. The predicted molar refractivity (Wildman–Crippen MR) is 95.1 cm³/mol. The van der Waals surface area contributed by atoms with Gasteiger partial charge < -0.3 is 20.9 Å². The zero-order chi connectivity index (χ0) is 20.2. The van der Waals surface area contributed by atoms with Crippen LogP contribution in [0.25, 0.3) is 11.3 Å². The lowest BCUT2D eigenvalue weighted by Crippen LogP contribution is -2.43. The Hall–Kier alpha value is -2.81. The maximum absolute atomic E-state index is 14.5. The van der Waals surface area contributed by atoms with Crippen LogP contribution in [-0.2, 0) is 0 Å². The number of aromatic nitrogens is 2. The topological polar surface area (TPSA) is 113 Å². The number of halogens is 2. The molecule has 1 unspecified atom stereocenters. The number of primary amides is 1. The fourth-order valence-corrected chi connectivity index (χ4v) is 2.72. The Bertz CT molecular complexity index is 828. The summed E-state index contributed by atoms with van der Waals surface area (Å²) in [4.78, 5) is 18.3. The lowest BCUT2D eigenvalue weighted by molar-refractivity contribution is 0.199. The molecule has 9 heteroatoms. The van der Waals surface area contributed by atoms with E-state index in [9.17, 15) is 13.6 Å². The lowest BCUT2D eigenvalue weighted by atomic mass is 9.93. The number of carbonyl (C=O) groups is 1. The number of hydrogen-bond acceptors (Lipinski definition) is 6. The average molecular weight is 380 g/mol. The van der Waals surface area contributed by atoms with Crippen LogP contribution in [0.5, 0.6) is 11.6 Å². The first-order valence-electron chi connectivity index (χ1n) is 8.28. The van der Waals surface area contributed by atoms with Crippen LogP contribution in [-0.4, -0.2) is 28.2 Å². The molecule has 4 N–H and O–H groups in total. The van der Waals surface area contributed by atoms with E-state index in [2.05, 4.69) is 14.7 Å². The lowest BCUT2D eigenvalue weighted by Gasteiger charge is -2.26. The third kappa shape index (κ3) is 5.85. The van der Waals surface area contributed by atoms with Gasteiger partial charge in [0.2, 0.25) is 5.88 Å². The number of carbonyl (C=O) groups excluding carboxylic acids is 1. The Labute approximate surface area is 155 Å². The number of rotatable bonds is 7. The van der Waals surface area contributed by atoms with Crippen molar-refractivity contribution < 1.29 is 23.0 Å². The molecule has 0 bridgehead atoms. The largest absolute Gasteiger partial charge is 0.489 e. The smallest absolute Gasteiger partial charge is 0.411 e. The monoisotopic (exact) mass is 380 g/mol. The maximum atomic E-state index is 14.5. The van der Waals surface area contributed by atoms with Crippen molar-refractivity contribution in [2.24, 2.45) is 17.4 Å². The summed E-state index contributed by atoms with van der Waals surface area (Å²) in [5.74, 6) is -1.64. The van der Waals surface area contributed by atoms with E-state index in [0.717, 1.165) is 18.5 Å². The van der Waals surface area contributed by atoms with Crippen LogP contribution >= 0.6 is 0 Å². The normalized spacial score (nSPS) is 13.3. The highest BCUT2D eigenvalue weighted by Gasteiger charge is 2.23. The molecule has 1 aromatic carbocycles. The summed E-state index contributed by atoms with van der Waals surface area (Å²) in [6.45, 7) is 5.85. The fraction of sp³-hybridized carbons (Fsp3) is 0.389. The van der Waals surface area contributed by atoms with Gasteiger partial charge in [0.25, 0.3) is 0 Å². The molecule has 7 nitrogen and oxygen atoms in total. The molecule has 0 saturated carbocycles. The Morgan fingerprint density at radius 2 is 1.93 bits per heavy atom. The zero-order valence-corrected chi connectivity index (χ0v) is 15.3. The first kappa shape index (κ1) is 20.5. The highest BCUT2D eigenvalue weighted by atomic mass is 19.1. The summed E-state index contributed by atoms with van der Waals surface area (Å²) in [6, 6.07) is 3.03. The average Bonchev–Trinajstić information content (AvgIpc) is 2.53. The number of benzene rings is 1. The number of hydrogen-bond donors (Lipinski definition) is 2. The van der Waals surface area contributed by atoms with Crippen LogP contribution in [0.15, 0.2) is 24.5 Å². The van der Waals surface area contributed by atoms with Crippen molar-refractivity contribution in [2.45, 2.75) is 32.7 Å². The van der Waals surface area contributed by atoms with E-state index in [1.807, 2.05) is 13.8 Å². The van der Waals surface area contributed by atoms with Crippen molar-refractivity contribution in [3.05, 3.63) is 36.2 Å². The molecule has 1 amide bonds. The van der Waals surface area contributed by atoms with Crippen LogP contribution in [0.4, 0.5) is 13.6 Å². The number of nitrogens with zero attached hydrogens (tertiary/aromatic N) is 2. The van der Waals surface area contributed by atoms with Gasteiger partial charge in [-0.1, -0.05) is 13.8 Å². The minimum Gasteiger partial charge on any atom is -0.489 e. The SMILES string of the molecule is CC(C)CC(C)(N)COc1cc(F)c(-c2cc(OC(N)=O)ncn2)cc1F. The molecule has 0 aliphatic heterocycles. The fourth-order valence-electron chi connectivity index (χ4n) is 2.72. The van der Waals surface area contributed by atoms with Gasteiger partial charge in [-0.2, -0.15) is 0 Å². The first-order chi connectivity index (χ1) is 12.6. The van der Waals surface area contributed by atoms with E-state index in [0.29, 0.717) is 12.3 Å². The molecule has 1 aromatic heterocycles. The van der Waals surface area contributed by atoms with Gasteiger partial charge in [0.1, 0.15) is 18.8 Å². The van der Waals surface area contributed by atoms with Crippen molar-refractivity contribution in [3.8, 4) is 22.9 Å². The van der Waals surface area contributed by atoms with Crippen molar-refractivity contribution in [1.82, 2.24) is 9.97 Å². The van der Waals surface area contributed by atoms with Crippen molar-refractivity contribution in [1.29, 1.82) is 0 Å². The van der Waals surface area contributed by atoms with Gasteiger partial charge in [0.05, 0.1) is 5.69 Å². The number of nitrogens with two attached hydrogens (primary N) is 2. The van der Waals surface area contributed by atoms with Gasteiger partial charge in [0.15, 0.2) is 11.6 Å². The first-order valence-corrected chi connectivity index (χ1v) is 8.28. The second-order valence-corrected chi connectivity index (χ2v) is 6.97. The number of amides is 1. The summed E-state index contributed by atoms with van der Waals surface area (Å²) in [5, 5.41) is 0. The minimum absolute atomic E-state index is 0.0210. The molecule has 0 aliphatic rings. The molecule has 0 fully saturated rings. The Morgan fingerprint density at radius 3 is 2.56 bits per heavy atom. The molecular weight excluding hydrogens is 358 g/mol. The van der Waals surface area contributed by atoms with Crippen molar-refractivity contribution >= 4 is 6.09 Å². The molecule has 0 radical (unpaired) electrons. The van der Waals surface area contributed by atoms with E-state index < -0.39 is 23.3 Å². The van der Waals surface area contributed by atoms with Crippen LogP contribution in [0.2, 0.25) is 0 Å². The Balaban J connectivity index is 2.23. The summed E-state index contributed by atoms with van der Waals surface area (Å²) in [5.41, 5.74) is 10.2. The third-order valence-electron chi connectivity index (χ3n) is 3.58. The second kappa shape index (κ2) is 8.26. The molecule has 1 atom stereocenters. The Morgan fingerprint density at radius 1 is 1.22 bits per heavy atom.